The molecule has 2 aromatic rings. The van der Waals surface area contributed by atoms with Gasteiger partial charge >= 0.3 is 0 Å². The number of anilines is 2. The number of hydrogen-bond acceptors (Lipinski definition) is 4. The maximum Gasteiger partial charge on any atom is 0.184 e. The Morgan fingerprint density at radius 3 is 3.16 bits per heavy atom. The normalized spacial score (nSPS) is 23.6. The number of hydrogen-bond donors (Lipinski definition) is 2. The van der Waals surface area contributed by atoms with E-state index in [9.17, 15) is 0 Å². The van der Waals surface area contributed by atoms with E-state index in [1.807, 2.05) is 18.2 Å². The summed E-state index contributed by atoms with van der Waals surface area (Å²) < 4.78 is 1.17. The molecule has 1 heterocycles. The minimum Gasteiger partial charge on any atom is -0.399 e. The molecule has 3 nitrogen and oxygen atoms in total. The molecule has 1 fully saturated rings. The van der Waals surface area contributed by atoms with Crippen LogP contribution in [-0.2, 0) is 0 Å². The van der Waals surface area contributed by atoms with E-state index in [4.69, 9.17) is 5.73 Å². The fourth-order valence-corrected chi connectivity index (χ4v) is 3.96. The molecule has 0 amide bonds. The summed E-state index contributed by atoms with van der Waals surface area (Å²) in [5.41, 5.74) is 7.67. The van der Waals surface area contributed by atoms with Gasteiger partial charge in [-0.3, -0.25) is 0 Å². The molecule has 1 aromatic carbocycles. The lowest BCUT2D eigenvalue weighted by Gasteiger charge is -2.28. The van der Waals surface area contributed by atoms with Gasteiger partial charge in [0.1, 0.15) is 0 Å². The molecule has 1 aliphatic carbocycles. The minimum absolute atomic E-state index is 0.594. The molecule has 0 saturated heterocycles. The molecule has 1 saturated carbocycles. The molecule has 2 unspecified atom stereocenters. The van der Waals surface area contributed by atoms with Crippen molar-refractivity contribution in [1.29, 1.82) is 0 Å². The Hall–Kier alpha value is -1.29. The Balaban J connectivity index is 1.74. The lowest BCUT2D eigenvalue weighted by atomic mass is 9.84. The van der Waals surface area contributed by atoms with E-state index in [0.717, 1.165) is 22.3 Å². The number of nitrogens with zero attached hydrogens (tertiary/aromatic N) is 1. The summed E-state index contributed by atoms with van der Waals surface area (Å²) in [6.45, 7) is 2.30. The molecule has 1 aliphatic rings. The second-order valence-electron chi connectivity index (χ2n) is 5.53. The third-order valence-electron chi connectivity index (χ3n) is 4.10. The van der Waals surface area contributed by atoms with Crippen LogP contribution in [0.3, 0.4) is 0 Å². The molecule has 4 heteroatoms. The predicted octanol–water partition coefficient (Wildman–Crippen LogP) is 4.26. The monoisotopic (exact) mass is 275 g/mol. The van der Waals surface area contributed by atoms with Crippen LogP contribution in [0, 0.1) is 5.92 Å². The van der Waals surface area contributed by atoms with Crippen molar-refractivity contribution in [3.63, 3.8) is 0 Å². The van der Waals surface area contributed by atoms with Crippen molar-refractivity contribution in [2.75, 3.05) is 11.1 Å². The van der Waals surface area contributed by atoms with Gasteiger partial charge in [-0.2, -0.15) is 0 Å². The highest BCUT2D eigenvalue weighted by molar-refractivity contribution is 7.22. The van der Waals surface area contributed by atoms with Gasteiger partial charge in [-0.05, 0) is 37.0 Å². The largest absolute Gasteiger partial charge is 0.399 e. The van der Waals surface area contributed by atoms with E-state index < -0.39 is 0 Å². The van der Waals surface area contributed by atoms with Crippen molar-refractivity contribution in [3.05, 3.63) is 18.2 Å². The van der Waals surface area contributed by atoms with Gasteiger partial charge in [0.05, 0.1) is 10.2 Å². The Kier molecular flexibility index (Phi) is 3.60. The molecule has 1 aromatic heterocycles. The zero-order chi connectivity index (χ0) is 13.2. The maximum absolute atomic E-state index is 5.81. The van der Waals surface area contributed by atoms with Gasteiger partial charge in [-0.1, -0.05) is 37.5 Å². The van der Waals surface area contributed by atoms with Crippen molar-refractivity contribution in [3.8, 4) is 0 Å². The summed E-state index contributed by atoms with van der Waals surface area (Å²) in [7, 11) is 0. The Morgan fingerprint density at radius 1 is 1.42 bits per heavy atom. The first-order valence-corrected chi connectivity index (χ1v) is 7.99. The molecule has 0 radical (unpaired) electrons. The minimum atomic E-state index is 0.594. The Labute approximate surface area is 118 Å². The van der Waals surface area contributed by atoms with Crippen LogP contribution in [0.1, 0.15) is 39.0 Å². The van der Waals surface area contributed by atoms with Crippen LogP contribution in [0.5, 0.6) is 0 Å². The summed E-state index contributed by atoms with van der Waals surface area (Å²) in [5, 5.41) is 4.66. The zero-order valence-corrected chi connectivity index (χ0v) is 12.2. The van der Waals surface area contributed by atoms with Crippen molar-refractivity contribution in [2.24, 2.45) is 5.92 Å². The highest BCUT2D eigenvalue weighted by Gasteiger charge is 2.21. The molecule has 3 rings (SSSR count). The lowest BCUT2D eigenvalue weighted by molar-refractivity contribution is 0.327. The first-order valence-electron chi connectivity index (χ1n) is 7.17. The van der Waals surface area contributed by atoms with Gasteiger partial charge in [0.2, 0.25) is 0 Å². The van der Waals surface area contributed by atoms with E-state index in [2.05, 4.69) is 17.2 Å². The van der Waals surface area contributed by atoms with E-state index in [1.54, 1.807) is 11.3 Å². The highest BCUT2D eigenvalue weighted by atomic mass is 32.1. The fourth-order valence-electron chi connectivity index (χ4n) is 2.97. The molecule has 3 N–H and O–H groups in total. The van der Waals surface area contributed by atoms with Crippen molar-refractivity contribution in [2.45, 2.75) is 45.1 Å². The third kappa shape index (κ3) is 2.84. The van der Waals surface area contributed by atoms with Gasteiger partial charge in [-0.15, -0.1) is 0 Å². The number of aromatic nitrogens is 1. The van der Waals surface area contributed by atoms with Gasteiger partial charge in [0.15, 0.2) is 5.13 Å². The van der Waals surface area contributed by atoms with Gasteiger partial charge in [0, 0.05) is 11.7 Å². The Bertz CT molecular complexity index is 564. The van der Waals surface area contributed by atoms with Crippen molar-refractivity contribution < 1.29 is 0 Å². The lowest BCUT2D eigenvalue weighted by Crippen LogP contribution is -2.26. The number of nitrogens with one attached hydrogen (secondary N) is 1. The second-order valence-corrected chi connectivity index (χ2v) is 6.56. The predicted molar refractivity (Wildman–Crippen MR) is 83.7 cm³/mol. The number of benzene rings is 1. The number of nitrogens with two attached hydrogens (primary N) is 1. The molecule has 2 atom stereocenters. The summed E-state index contributed by atoms with van der Waals surface area (Å²) in [4.78, 5) is 4.65. The third-order valence-corrected chi connectivity index (χ3v) is 5.05. The van der Waals surface area contributed by atoms with Gasteiger partial charge in [0.25, 0.3) is 0 Å². The molecule has 102 valence electrons. The van der Waals surface area contributed by atoms with Crippen molar-refractivity contribution in [1.82, 2.24) is 4.98 Å². The molecule has 0 spiro atoms. The summed E-state index contributed by atoms with van der Waals surface area (Å²) in [6, 6.07) is 6.52. The fraction of sp³-hybridized carbons (Fsp3) is 0.533. The van der Waals surface area contributed by atoms with Crippen LogP contribution in [0.4, 0.5) is 10.8 Å². The quantitative estimate of drug-likeness (QED) is 0.823. The van der Waals surface area contributed by atoms with E-state index in [-0.39, 0.29) is 0 Å². The Morgan fingerprint density at radius 2 is 2.32 bits per heavy atom. The van der Waals surface area contributed by atoms with Crippen LogP contribution >= 0.6 is 11.3 Å². The number of rotatable bonds is 3. The number of nitrogen functional groups attached to an aromatic ring is 1. The SMILES string of the molecule is CCC1CCCC(Nc2nc3ccc(N)cc3s2)C1. The van der Waals surface area contributed by atoms with E-state index in [0.29, 0.717) is 6.04 Å². The van der Waals surface area contributed by atoms with Crippen LogP contribution in [0.15, 0.2) is 18.2 Å². The standard InChI is InChI=1S/C15H21N3S/c1-2-10-4-3-5-12(8-10)17-15-18-13-7-6-11(16)9-14(13)19-15/h6-7,9-10,12H,2-5,8,16H2,1H3,(H,17,18). The topological polar surface area (TPSA) is 50.9 Å². The highest BCUT2D eigenvalue weighted by Crippen LogP contribution is 2.32. The summed E-state index contributed by atoms with van der Waals surface area (Å²) >= 11 is 1.71. The molecule has 0 bridgehead atoms. The molecular formula is C15H21N3S. The van der Waals surface area contributed by atoms with E-state index in [1.165, 1.54) is 36.8 Å². The second kappa shape index (κ2) is 5.37. The number of fused-ring (bicyclic) bond motifs is 1. The summed E-state index contributed by atoms with van der Waals surface area (Å²) in [6.07, 6.45) is 6.59. The average molecular weight is 275 g/mol. The molecule has 19 heavy (non-hydrogen) atoms. The van der Waals surface area contributed by atoms with Gasteiger partial charge in [-0.25, -0.2) is 4.98 Å². The van der Waals surface area contributed by atoms with Crippen LogP contribution in [-0.4, -0.2) is 11.0 Å². The average Bonchev–Trinajstić information content (AvgIpc) is 2.80. The maximum atomic E-state index is 5.81. The van der Waals surface area contributed by atoms with E-state index >= 15 is 0 Å². The first-order chi connectivity index (χ1) is 9.24. The van der Waals surface area contributed by atoms with Crippen molar-refractivity contribution >= 4 is 32.4 Å². The zero-order valence-electron chi connectivity index (χ0n) is 11.4. The first kappa shape index (κ1) is 12.7. The molecule has 0 aliphatic heterocycles. The van der Waals surface area contributed by atoms with Crippen LogP contribution in [0.25, 0.3) is 10.2 Å². The number of thiazole rings is 1. The van der Waals surface area contributed by atoms with Gasteiger partial charge < -0.3 is 11.1 Å². The van der Waals surface area contributed by atoms with Crippen LogP contribution < -0.4 is 11.1 Å². The molecular weight excluding hydrogens is 254 g/mol. The summed E-state index contributed by atoms with van der Waals surface area (Å²) in [5.74, 6) is 0.885. The smallest absolute Gasteiger partial charge is 0.184 e. The van der Waals surface area contributed by atoms with Crippen LogP contribution in [0.2, 0.25) is 0 Å².